The van der Waals surface area contributed by atoms with Crippen LogP contribution in [-0.2, 0) is 31.0 Å². The monoisotopic (exact) mass is 620 g/mol. The summed E-state index contributed by atoms with van der Waals surface area (Å²) in [5, 5.41) is 18.2. The van der Waals surface area contributed by atoms with Crippen molar-refractivity contribution in [2.75, 3.05) is 18.0 Å². The minimum atomic E-state index is -4.44. The Morgan fingerprint density at radius 3 is 2.42 bits per heavy atom. The standard InChI is InChI=1S/C35H39F3N4O3/c1-22(2)28-21-41(3)33-27(28)17-25(18-30(33)42-14-8-13-32(42)44)34(45)40-29(16-23-9-5-4-6-10-23)31(43)20-39-19-24-11-7-12-26(15-24)35(36,37)38/h4-7,9-12,15,17-18,21-22,29,31,39,43H,8,13-14,16,19-20H2,1-3H3,(H,40,45)/t29-,31+/m0/s1. The third kappa shape index (κ3) is 7.40. The molecular formula is C35H39F3N4O3. The number of rotatable bonds is 11. The van der Waals surface area contributed by atoms with Crippen LogP contribution in [0.1, 0.15) is 65.2 Å². The first-order chi connectivity index (χ1) is 21.4. The molecule has 1 aromatic heterocycles. The largest absolute Gasteiger partial charge is 0.416 e. The number of aliphatic hydroxyl groups is 1. The summed E-state index contributed by atoms with van der Waals surface area (Å²) in [6, 6.07) is 17.4. The lowest BCUT2D eigenvalue weighted by Gasteiger charge is -2.26. The van der Waals surface area contributed by atoms with E-state index in [1.807, 2.05) is 54.2 Å². The van der Waals surface area contributed by atoms with Crippen molar-refractivity contribution in [1.82, 2.24) is 15.2 Å². The number of fused-ring (bicyclic) bond motifs is 1. The summed E-state index contributed by atoms with van der Waals surface area (Å²) in [5.74, 6) is -0.184. The van der Waals surface area contributed by atoms with Gasteiger partial charge >= 0.3 is 6.18 Å². The highest BCUT2D eigenvalue weighted by Crippen LogP contribution is 2.37. The molecule has 4 aromatic rings. The highest BCUT2D eigenvalue weighted by molar-refractivity contribution is 6.09. The Morgan fingerprint density at radius 2 is 1.76 bits per heavy atom. The van der Waals surface area contributed by atoms with Gasteiger partial charge < -0.3 is 25.2 Å². The first-order valence-corrected chi connectivity index (χ1v) is 15.3. The van der Waals surface area contributed by atoms with Crippen LogP contribution in [0.5, 0.6) is 0 Å². The van der Waals surface area contributed by atoms with E-state index in [4.69, 9.17) is 0 Å². The molecule has 3 N–H and O–H groups in total. The van der Waals surface area contributed by atoms with Crippen LogP contribution in [0.25, 0.3) is 10.9 Å². The molecule has 0 radical (unpaired) electrons. The second kappa shape index (κ2) is 13.5. The van der Waals surface area contributed by atoms with Crippen molar-refractivity contribution < 1.29 is 27.9 Å². The number of benzene rings is 3. The van der Waals surface area contributed by atoms with Gasteiger partial charge in [-0.15, -0.1) is 0 Å². The molecule has 45 heavy (non-hydrogen) atoms. The van der Waals surface area contributed by atoms with E-state index in [0.717, 1.165) is 40.6 Å². The maximum absolute atomic E-state index is 13.9. The molecule has 0 saturated carbocycles. The minimum absolute atomic E-state index is 0.0189. The Labute approximate surface area is 261 Å². The van der Waals surface area contributed by atoms with Crippen LogP contribution in [0, 0.1) is 0 Å². The zero-order valence-corrected chi connectivity index (χ0v) is 25.7. The molecule has 2 amide bonds. The molecule has 7 nitrogen and oxygen atoms in total. The van der Waals surface area contributed by atoms with Gasteiger partial charge in [0.25, 0.3) is 5.91 Å². The second-order valence-electron chi connectivity index (χ2n) is 12.1. The zero-order valence-electron chi connectivity index (χ0n) is 25.7. The molecule has 10 heteroatoms. The minimum Gasteiger partial charge on any atom is -0.390 e. The number of amides is 2. The maximum atomic E-state index is 13.9. The Morgan fingerprint density at radius 1 is 1.02 bits per heavy atom. The lowest BCUT2D eigenvalue weighted by atomic mass is 9.98. The molecule has 0 unspecified atom stereocenters. The molecule has 3 aromatic carbocycles. The average molecular weight is 621 g/mol. The lowest BCUT2D eigenvalue weighted by Crippen LogP contribution is -2.48. The number of aryl methyl sites for hydroxylation is 1. The van der Waals surface area contributed by atoms with Gasteiger partial charge in [0, 0.05) is 50.2 Å². The third-order valence-electron chi connectivity index (χ3n) is 8.35. The lowest BCUT2D eigenvalue weighted by molar-refractivity contribution is -0.137. The number of nitrogens with one attached hydrogen (secondary N) is 2. The molecule has 0 aliphatic carbocycles. The fourth-order valence-corrected chi connectivity index (χ4v) is 6.02. The van der Waals surface area contributed by atoms with E-state index in [1.54, 1.807) is 17.0 Å². The second-order valence-corrected chi connectivity index (χ2v) is 12.1. The van der Waals surface area contributed by atoms with Gasteiger partial charge in [-0.1, -0.05) is 62.4 Å². The molecule has 2 heterocycles. The van der Waals surface area contributed by atoms with Gasteiger partial charge in [0.2, 0.25) is 5.91 Å². The van der Waals surface area contributed by atoms with Crippen molar-refractivity contribution in [2.45, 2.75) is 63.9 Å². The summed E-state index contributed by atoms with van der Waals surface area (Å²) in [5.41, 5.74) is 3.64. The predicted molar refractivity (Wildman–Crippen MR) is 169 cm³/mol. The van der Waals surface area contributed by atoms with Crippen LogP contribution >= 0.6 is 0 Å². The summed E-state index contributed by atoms with van der Waals surface area (Å²) >= 11 is 0. The molecule has 238 valence electrons. The van der Waals surface area contributed by atoms with Gasteiger partial charge in [0.15, 0.2) is 0 Å². The Balaban J connectivity index is 1.40. The highest BCUT2D eigenvalue weighted by atomic mass is 19.4. The van der Waals surface area contributed by atoms with Gasteiger partial charge in [0.05, 0.1) is 28.9 Å². The summed E-state index contributed by atoms with van der Waals surface area (Å²) in [6.45, 7) is 4.90. The molecular weight excluding hydrogens is 581 g/mol. The quantitative estimate of drug-likeness (QED) is 0.194. The van der Waals surface area contributed by atoms with Crippen LogP contribution in [0.2, 0.25) is 0 Å². The Hall–Kier alpha value is -4.15. The maximum Gasteiger partial charge on any atom is 0.416 e. The predicted octanol–water partition coefficient (Wildman–Crippen LogP) is 5.94. The first kappa shape index (κ1) is 32.2. The molecule has 2 atom stereocenters. The molecule has 5 rings (SSSR count). The number of halogens is 3. The number of aliphatic hydroxyl groups excluding tert-OH is 1. The number of nitrogens with zero attached hydrogens (tertiary/aromatic N) is 2. The van der Waals surface area contributed by atoms with Gasteiger partial charge in [0.1, 0.15) is 0 Å². The normalized spacial score (nSPS) is 15.2. The van der Waals surface area contributed by atoms with E-state index in [1.165, 1.54) is 6.07 Å². The van der Waals surface area contributed by atoms with E-state index < -0.39 is 23.9 Å². The van der Waals surface area contributed by atoms with Crippen LogP contribution in [0.3, 0.4) is 0 Å². The van der Waals surface area contributed by atoms with E-state index >= 15 is 0 Å². The number of anilines is 1. The molecule has 0 bridgehead atoms. The number of alkyl halides is 3. The smallest absolute Gasteiger partial charge is 0.390 e. The van der Waals surface area contributed by atoms with Crippen LogP contribution in [-0.4, -0.2) is 46.7 Å². The zero-order chi connectivity index (χ0) is 32.3. The van der Waals surface area contributed by atoms with Gasteiger partial charge in [-0.05, 0) is 53.6 Å². The van der Waals surface area contributed by atoms with Crippen molar-refractivity contribution in [1.29, 1.82) is 0 Å². The number of hydrogen-bond acceptors (Lipinski definition) is 4. The fourth-order valence-electron chi connectivity index (χ4n) is 6.02. The molecule has 0 spiro atoms. The number of carbonyl (C=O) groups excluding carboxylic acids is 2. The van der Waals surface area contributed by atoms with Crippen molar-refractivity contribution in [3.63, 3.8) is 0 Å². The van der Waals surface area contributed by atoms with E-state index in [-0.39, 0.29) is 30.8 Å². The van der Waals surface area contributed by atoms with Crippen LogP contribution < -0.4 is 15.5 Å². The van der Waals surface area contributed by atoms with Crippen molar-refractivity contribution >= 4 is 28.4 Å². The molecule has 1 aliphatic rings. The van der Waals surface area contributed by atoms with E-state index in [2.05, 4.69) is 24.5 Å². The molecule has 1 saturated heterocycles. The fraction of sp³-hybridized carbons (Fsp3) is 0.371. The summed E-state index contributed by atoms with van der Waals surface area (Å²) in [6.07, 6.45) is -1.91. The molecule has 1 fully saturated rings. The third-order valence-corrected chi connectivity index (χ3v) is 8.35. The SMILES string of the molecule is CC(C)c1cn(C)c2c(N3CCCC3=O)cc(C(=O)N[C@@H](Cc3ccccc3)[C@H](O)CNCc3cccc(C(F)(F)F)c3)cc12. The van der Waals surface area contributed by atoms with Gasteiger partial charge in [-0.3, -0.25) is 9.59 Å². The van der Waals surface area contributed by atoms with E-state index in [0.29, 0.717) is 36.2 Å². The molecule has 1 aliphatic heterocycles. The number of carbonyl (C=O) groups is 2. The average Bonchev–Trinajstić information content (AvgIpc) is 3.59. The van der Waals surface area contributed by atoms with Crippen molar-refractivity contribution in [2.24, 2.45) is 7.05 Å². The number of hydrogen-bond donors (Lipinski definition) is 3. The van der Waals surface area contributed by atoms with E-state index in [9.17, 15) is 27.9 Å². The Bertz CT molecular complexity index is 1670. The van der Waals surface area contributed by atoms with Crippen molar-refractivity contribution in [3.05, 3.63) is 101 Å². The van der Waals surface area contributed by atoms with Gasteiger partial charge in [-0.2, -0.15) is 13.2 Å². The number of aromatic nitrogens is 1. The first-order valence-electron chi connectivity index (χ1n) is 15.3. The summed E-state index contributed by atoms with van der Waals surface area (Å²) in [4.78, 5) is 28.5. The Kier molecular flexibility index (Phi) is 9.65. The van der Waals surface area contributed by atoms with Crippen LogP contribution in [0.15, 0.2) is 72.9 Å². The summed E-state index contributed by atoms with van der Waals surface area (Å²) < 4.78 is 41.5. The highest BCUT2D eigenvalue weighted by Gasteiger charge is 2.31. The van der Waals surface area contributed by atoms with Crippen molar-refractivity contribution in [3.8, 4) is 0 Å². The topological polar surface area (TPSA) is 86.6 Å². The summed E-state index contributed by atoms with van der Waals surface area (Å²) in [7, 11) is 1.94. The van der Waals surface area contributed by atoms with Crippen LogP contribution in [0.4, 0.5) is 18.9 Å². The van der Waals surface area contributed by atoms with Gasteiger partial charge in [-0.25, -0.2) is 0 Å².